The highest BCUT2D eigenvalue weighted by Gasteiger charge is 2.43. The van der Waals surface area contributed by atoms with E-state index in [0.29, 0.717) is 0 Å². The van der Waals surface area contributed by atoms with Crippen LogP contribution in [-0.4, -0.2) is 105 Å². The van der Waals surface area contributed by atoms with Crippen LogP contribution in [0.3, 0.4) is 0 Å². The predicted octanol–water partition coefficient (Wildman–Crippen LogP) is 3.27. The van der Waals surface area contributed by atoms with Crippen LogP contribution >= 0.6 is 0 Å². The van der Waals surface area contributed by atoms with Crippen molar-refractivity contribution < 1.29 is 13.3 Å². The molecule has 6 nitrogen and oxygen atoms in total. The summed E-state index contributed by atoms with van der Waals surface area (Å²) in [7, 11) is 9.33. The van der Waals surface area contributed by atoms with Gasteiger partial charge in [0.15, 0.2) is 0 Å². The lowest BCUT2D eigenvalue weighted by Crippen LogP contribution is -2.52. The van der Waals surface area contributed by atoms with Gasteiger partial charge in [-0.1, -0.05) is 20.8 Å². The fourth-order valence-electron chi connectivity index (χ4n) is 4.46. The first-order valence-corrected chi connectivity index (χ1v) is 12.9. The zero-order chi connectivity index (χ0) is 21.6. The second-order valence-electron chi connectivity index (χ2n) is 8.51. The highest BCUT2D eigenvalue weighted by molar-refractivity contribution is 6.60. The molecule has 0 aliphatic heterocycles. The lowest BCUT2D eigenvalue weighted by atomic mass is 9.82. The summed E-state index contributed by atoms with van der Waals surface area (Å²) in [5.41, 5.74) is 0.144. The molecule has 0 saturated heterocycles. The topological polar surface area (TPSA) is 37.4 Å². The van der Waals surface area contributed by atoms with E-state index in [0.717, 1.165) is 51.7 Å². The number of hydrogen-bond donors (Lipinski definition) is 0. The minimum atomic E-state index is -2.59. The summed E-state index contributed by atoms with van der Waals surface area (Å²) in [6, 6.07) is 0.844. The Bertz CT molecular complexity index is 340. The highest BCUT2D eigenvalue weighted by Crippen LogP contribution is 2.32. The van der Waals surface area contributed by atoms with Crippen LogP contribution in [0.4, 0.5) is 0 Å². The van der Waals surface area contributed by atoms with Crippen LogP contribution in [0.2, 0.25) is 6.04 Å². The first-order valence-electron chi connectivity index (χ1n) is 11.0. The minimum Gasteiger partial charge on any atom is -0.377 e. The van der Waals surface area contributed by atoms with E-state index in [4.69, 9.17) is 13.3 Å². The molecule has 0 unspecified atom stereocenters. The number of hydrogen-bond acceptors (Lipinski definition) is 6. The van der Waals surface area contributed by atoms with E-state index in [1.807, 2.05) is 0 Å². The van der Waals surface area contributed by atoms with Gasteiger partial charge in [-0.25, -0.2) is 0 Å². The maximum atomic E-state index is 5.74. The van der Waals surface area contributed by atoms with Crippen molar-refractivity contribution in [3.8, 4) is 0 Å². The van der Waals surface area contributed by atoms with Gasteiger partial charge in [-0.15, -0.1) is 0 Å². The molecule has 7 heteroatoms. The van der Waals surface area contributed by atoms with Gasteiger partial charge in [-0.3, -0.25) is 0 Å². The largest absolute Gasteiger partial charge is 0.500 e. The molecule has 0 saturated carbocycles. The van der Waals surface area contributed by atoms with E-state index in [-0.39, 0.29) is 5.41 Å². The van der Waals surface area contributed by atoms with Crippen molar-refractivity contribution in [1.29, 1.82) is 0 Å². The molecular formula is C21H49N3O3Si. The van der Waals surface area contributed by atoms with Crippen LogP contribution in [-0.2, 0) is 13.3 Å². The smallest absolute Gasteiger partial charge is 0.377 e. The second kappa shape index (κ2) is 14.9. The molecule has 0 aromatic heterocycles. The van der Waals surface area contributed by atoms with Crippen LogP contribution in [0.25, 0.3) is 0 Å². The maximum Gasteiger partial charge on any atom is 0.500 e. The van der Waals surface area contributed by atoms with Gasteiger partial charge in [0.05, 0.1) is 0 Å². The van der Waals surface area contributed by atoms with Crippen LogP contribution in [0.1, 0.15) is 46.5 Å². The average Bonchev–Trinajstić information content (AvgIpc) is 2.63. The molecule has 0 spiro atoms. The molecule has 0 aliphatic carbocycles. The quantitative estimate of drug-likeness (QED) is 0.317. The Kier molecular flexibility index (Phi) is 14.9. The SMILES string of the molecule is CCCN(C)CC(CC[Si](OC)(OC)OC)(CN(C)CCC)CN(C)CCC. The van der Waals surface area contributed by atoms with E-state index in [9.17, 15) is 0 Å². The summed E-state index contributed by atoms with van der Waals surface area (Å²) in [6.45, 7) is 13.4. The molecule has 0 aromatic carbocycles. The summed E-state index contributed by atoms with van der Waals surface area (Å²) < 4.78 is 17.2. The van der Waals surface area contributed by atoms with E-state index in [1.54, 1.807) is 21.3 Å². The van der Waals surface area contributed by atoms with Gasteiger partial charge in [0, 0.05) is 52.4 Å². The molecule has 28 heavy (non-hydrogen) atoms. The zero-order valence-electron chi connectivity index (χ0n) is 20.3. The van der Waals surface area contributed by atoms with Gasteiger partial charge >= 0.3 is 8.80 Å². The Morgan fingerprint density at radius 1 is 0.643 bits per heavy atom. The van der Waals surface area contributed by atoms with Gasteiger partial charge in [-0.05, 0) is 66.5 Å². The molecule has 0 fully saturated rings. The highest BCUT2D eigenvalue weighted by atomic mass is 28.4. The normalized spacial score (nSPS) is 13.3. The fraction of sp³-hybridized carbons (Fsp3) is 1.00. The third kappa shape index (κ3) is 10.1. The molecular weight excluding hydrogens is 370 g/mol. The van der Waals surface area contributed by atoms with E-state index >= 15 is 0 Å². The van der Waals surface area contributed by atoms with Gasteiger partial charge in [0.25, 0.3) is 0 Å². The predicted molar refractivity (Wildman–Crippen MR) is 122 cm³/mol. The Balaban J connectivity index is 5.68. The summed E-state index contributed by atoms with van der Waals surface area (Å²) in [4.78, 5) is 7.49. The van der Waals surface area contributed by atoms with Crippen LogP contribution in [0.5, 0.6) is 0 Å². The van der Waals surface area contributed by atoms with Crippen molar-refractivity contribution in [3.63, 3.8) is 0 Å². The Hall–Kier alpha value is -0.0231. The van der Waals surface area contributed by atoms with E-state index in [2.05, 4.69) is 56.6 Å². The van der Waals surface area contributed by atoms with Crippen molar-refractivity contribution in [2.24, 2.45) is 5.41 Å². The Labute approximate surface area is 176 Å². The Morgan fingerprint density at radius 3 is 1.21 bits per heavy atom. The van der Waals surface area contributed by atoms with E-state index in [1.165, 1.54) is 19.3 Å². The summed E-state index contributed by atoms with van der Waals surface area (Å²) in [5.74, 6) is 0. The van der Waals surface area contributed by atoms with E-state index < -0.39 is 8.80 Å². The van der Waals surface area contributed by atoms with Crippen molar-refractivity contribution in [1.82, 2.24) is 14.7 Å². The number of nitrogens with zero attached hydrogens (tertiary/aromatic N) is 3. The van der Waals surface area contributed by atoms with Gasteiger partial charge in [-0.2, -0.15) is 0 Å². The molecule has 0 aromatic rings. The first-order chi connectivity index (χ1) is 13.3. The first kappa shape index (κ1) is 28.0. The maximum absolute atomic E-state index is 5.74. The average molecular weight is 420 g/mol. The monoisotopic (exact) mass is 419 g/mol. The molecule has 0 N–H and O–H groups in total. The van der Waals surface area contributed by atoms with Crippen LogP contribution in [0.15, 0.2) is 0 Å². The molecule has 170 valence electrons. The molecule has 0 amide bonds. The summed E-state index contributed by atoms with van der Waals surface area (Å²) in [5, 5.41) is 0. The lowest BCUT2D eigenvalue weighted by Gasteiger charge is -2.43. The van der Waals surface area contributed by atoms with Crippen molar-refractivity contribution in [2.45, 2.75) is 52.5 Å². The Morgan fingerprint density at radius 2 is 0.964 bits per heavy atom. The molecule has 0 aliphatic rings. The summed E-state index contributed by atoms with van der Waals surface area (Å²) >= 11 is 0. The number of rotatable bonds is 18. The van der Waals surface area contributed by atoms with Crippen molar-refractivity contribution >= 4 is 8.80 Å². The minimum absolute atomic E-state index is 0.144. The molecule has 0 rings (SSSR count). The standard InChI is InChI=1S/C21H49N3O3Si/c1-10-14-22(4)18-21(19-23(5)15-11-2,20-24(6)16-12-3)13-17-28(25-7,26-8)27-9/h10-20H2,1-9H3. The second-order valence-corrected chi connectivity index (χ2v) is 11.6. The zero-order valence-corrected chi connectivity index (χ0v) is 21.3. The fourth-order valence-corrected chi connectivity index (χ4v) is 6.41. The third-order valence-corrected chi connectivity index (χ3v) is 8.25. The summed E-state index contributed by atoms with van der Waals surface area (Å²) in [6.07, 6.45) is 4.56. The van der Waals surface area contributed by atoms with Gasteiger partial charge in [0.1, 0.15) is 0 Å². The molecule has 0 bridgehead atoms. The van der Waals surface area contributed by atoms with Crippen molar-refractivity contribution in [3.05, 3.63) is 0 Å². The third-order valence-electron chi connectivity index (χ3n) is 5.53. The van der Waals surface area contributed by atoms with Crippen molar-refractivity contribution in [2.75, 3.05) is 81.7 Å². The molecule has 0 atom stereocenters. The molecule has 0 radical (unpaired) electrons. The van der Waals surface area contributed by atoms with Gasteiger partial charge < -0.3 is 28.0 Å². The van der Waals surface area contributed by atoms with Gasteiger partial charge in [0.2, 0.25) is 0 Å². The van der Waals surface area contributed by atoms with Crippen LogP contribution < -0.4 is 0 Å². The molecule has 0 heterocycles. The van der Waals surface area contributed by atoms with Crippen LogP contribution in [0, 0.1) is 5.41 Å². The lowest BCUT2D eigenvalue weighted by molar-refractivity contribution is 0.0636.